The zero-order chi connectivity index (χ0) is 14.6. The van der Waals surface area contributed by atoms with Gasteiger partial charge < -0.3 is 10.3 Å². The zero-order valence-electron chi connectivity index (χ0n) is 11.4. The Hall–Kier alpha value is -1.47. The van der Waals surface area contributed by atoms with Crippen molar-refractivity contribution in [3.8, 4) is 0 Å². The van der Waals surface area contributed by atoms with Crippen LogP contribution in [-0.2, 0) is 17.6 Å². The fourth-order valence-corrected chi connectivity index (χ4v) is 5.03. The van der Waals surface area contributed by atoms with Crippen LogP contribution >= 0.6 is 23.6 Å². The third-order valence-corrected chi connectivity index (χ3v) is 5.87. The summed E-state index contributed by atoms with van der Waals surface area (Å²) in [5.74, 6) is -0.103. The molecule has 4 rings (SSSR count). The van der Waals surface area contributed by atoms with Crippen LogP contribution < -0.4 is 10.9 Å². The van der Waals surface area contributed by atoms with Crippen LogP contribution in [0.25, 0.3) is 10.2 Å². The number of carbonyl (C=O) groups excluding carboxylic acids is 1. The number of H-pyrrole nitrogens is 1. The molecule has 1 unspecified atom stereocenters. The molecule has 2 aromatic rings. The van der Waals surface area contributed by atoms with Crippen molar-refractivity contribution in [2.24, 2.45) is 0 Å². The molecule has 21 heavy (non-hydrogen) atoms. The van der Waals surface area contributed by atoms with E-state index in [4.69, 9.17) is 12.2 Å². The average molecular weight is 321 g/mol. The number of hydrogen-bond acceptors (Lipinski definition) is 4. The number of carbonyl (C=O) groups is 1. The molecule has 2 aliphatic rings. The highest BCUT2D eigenvalue weighted by atomic mass is 32.1. The SMILES string of the molecule is O=C1NCCCC1n1c(=S)[nH]c2sc3c(c2c1=O)CCC3. The number of piperidine rings is 1. The lowest BCUT2D eigenvalue weighted by Crippen LogP contribution is -2.42. The average Bonchev–Trinajstić information content (AvgIpc) is 3.00. The van der Waals surface area contributed by atoms with Gasteiger partial charge in [-0.05, 0) is 49.9 Å². The molecular formula is C14H15N3O2S2. The van der Waals surface area contributed by atoms with E-state index in [9.17, 15) is 9.59 Å². The summed E-state index contributed by atoms with van der Waals surface area (Å²) in [6.45, 7) is 0.677. The predicted molar refractivity (Wildman–Crippen MR) is 84.6 cm³/mol. The van der Waals surface area contributed by atoms with Crippen molar-refractivity contribution in [1.82, 2.24) is 14.9 Å². The van der Waals surface area contributed by atoms with Gasteiger partial charge in [0.25, 0.3) is 5.56 Å². The monoisotopic (exact) mass is 321 g/mol. The molecule has 5 nitrogen and oxygen atoms in total. The van der Waals surface area contributed by atoms with Crippen molar-refractivity contribution in [3.05, 3.63) is 25.6 Å². The Balaban J connectivity index is 1.99. The maximum atomic E-state index is 12.9. The second-order valence-corrected chi connectivity index (χ2v) is 7.11. The molecule has 0 radical (unpaired) electrons. The first-order valence-corrected chi connectivity index (χ1v) is 8.46. The van der Waals surface area contributed by atoms with Gasteiger partial charge >= 0.3 is 0 Å². The first-order valence-electron chi connectivity index (χ1n) is 7.23. The molecule has 2 N–H and O–H groups in total. The molecule has 0 bridgehead atoms. The van der Waals surface area contributed by atoms with E-state index in [1.54, 1.807) is 11.3 Å². The maximum Gasteiger partial charge on any atom is 0.264 e. The summed E-state index contributed by atoms with van der Waals surface area (Å²) in [7, 11) is 0. The van der Waals surface area contributed by atoms with Crippen LogP contribution in [0.4, 0.5) is 0 Å². The van der Waals surface area contributed by atoms with Crippen molar-refractivity contribution < 1.29 is 4.79 Å². The summed E-state index contributed by atoms with van der Waals surface area (Å²) in [6.07, 6.45) is 4.64. The number of nitrogens with one attached hydrogen (secondary N) is 2. The number of hydrogen-bond donors (Lipinski definition) is 2. The van der Waals surface area contributed by atoms with E-state index in [0.717, 1.165) is 41.5 Å². The molecular weight excluding hydrogens is 306 g/mol. The van der Waals surface area contributed by atoms with Crippen LogP contribution in [-0.4, -0.2) is 22.0 Å². The van der Waals surface area contributed by atoms with E-state index < -0.39 is 6.04 Å². The zero-order valence-corrected chi connectivity index (χ0v) is 13.0. The highest BCUT2D eigenvalue weighted by molar-refractivity contribution is 7.71. The van der Waals surface area contributed by atoms with E-state index in [1.807, 2.05) is 0 Å². The number of nitrogens with zero attached hydrogens (tertiary/aromatic N) is 1. The molecule has 1 aliphatic carbocycles. The summed E-state index contributed by atoms with van der Waals surface area (Å²) in [4.78, 5) is 30.3. The van der Waals surface area contributed by atoms with Crippen molar-refractivity contribution in [2.45, 2.75) is 38.1 Å². The molecule has 110 valence electrons. The number of aromatic amines is 1. The van der Waals surface area contributed by atoms with Crippen LogP contribution in [0.2, 0.25) is 0 Å². The van der Waals surface area contributed by atoms with Gasteiger partial charge in [-0.15, -0.1) is 11.3 Å². The van der Waals surface area contributed by atoms with Crippen molar-refractivity contribution in [2.75, 3.05) is 6.54 Å². The summed E-state index contributed by atoms with van der Waals surface area (Å²) in [5.41, 5.74) is 1.06. The highest BCUT2D eigenvalue weighted by Crippen LogP contribution is 2.34. The third kappa shape index (κ3) is 1.91. The summed E-state index contributed by atoms with van der Waals surface area (Å²) < 4.78 is 1.84. The highest BCUT2D eigenvalue weighted by Gasteiger charge is 2.28. The number of aromatic nitrogens is 2. The Morgan fingerprint density at radius 3 is 2.90 bits per heavy atom. The minimum atomic E-state index is -0.476. The fraction of sp³-hybridized carbons (Fsp3) is 0.500. The number of amides is 1. The van der Waals surface area contributed by atoms with Gasteiger partial charge in [0.1, 0.15) is 10.9 Å². The molecule has 1 atom stereocenters. The lowest BCUT2D eigenvalue weighted by Gasteiger charge is -2.23. The van der Waals surface area contributed by atoms with Gasteiger partial charge in [0, 0.05) is 11.4 Å². The number of rotatable bonds is 1. The Kier molecular flexibility index (Phi) is 3.00. The minimum Gasteiger partial charge on any atom is -0.354 e. The van der Waals surface area contributed by atoms with Gasteiger partial charge in [-0.3, -0.25) is 14.2 Å². The summed E-state index contributed by atoms with van der Waals surface area (Å²) in [6, 6.07) is -0.476. The fourth-order valence-electron chi connectivity index (χ4n) is 3.37. The summed E-state index contributed by atoms with van der Waals surface area (Å²) >= 11 is 6.98. The molecule has 1 aliphatic heterocycles. The quantitative estimate of drug-likeness (QED) is 0.790. The normalized spacial score (nSPS) is 21.5. The third-order valence-electron chi connectivity index (χ3n) is 4.36. The van der Waals surface area contributed by atoms with Crippen LogP contribution in [0.3, 0.4) is 0 Å². The van der Waals surface area contributed by atoms with E-state index in [0.29, 0.717) is 17.7 Å². The number of aryl methyl sites for hydroxylation is 2. The molecule has 3 heterocycles. The molecule has 1 saturated heterocycles. The second kappa shape index (κ2) is 4.78. The van der Waals surface area contributed by atoms with Gasteiger partial charge in [-0.2, -0.15) is 0 Å². The van der Waals surface area contributed by atoms with E-state index >= 15 is 0 Å². The molecule has 1 amide bonds. The van der Waals surface area contributed by atoms with Crippen molar-refractivity contribution in [1.29, 1.82) is 0 Å². The Labute approximate surface area is 130 Å². The largest absolute Gasteiger partial charge is 0.354 e. The van der Waals surface area contributed by atoms with E-state index in [2.05, 4.69) is 10.3 Å². The predicted octanol–water partition coefficient (Wildman–Crippen LogP) is 2.06. The second-order valence-electron chi connectivity index (χ2n) is 5.62. The van der Waals surface area contributed by atoms with Gasteiger partial charge in [0.15, 0.2) is 4.77 Å². The lowest BCUT2D eigenvalue weighted by atomic mass is 10.1. The Bertz CT molecular complexity index is 861. The maximum absolute atomic E-state index is 12.9. The summed E-state index contributed by atoms with van der Waals surface area (Å²) in [5, 5.41) is 3.57. The van der Waals surface area contributed by atoms with Crippen molar-refractivity contribution >= 4 is 39.7 Å². The van der Waals surface area contributed by atoms with Crippen LogP contribution in [0.15, 0.2) is 4.79 Å². The van der Waals surface area contributed by atoms with Crippen LogP contribution in [0.1, 0.15) is 35.7 Å². The molecule has 0 aromatic carbocycles. The van der Waals surface area contributed by atoms with Gasteiger partial charge in [0.2, 0.25) is 5.91 Å². The first kappa shape index (κ1) is 13.2. The number of fused-ring (bicyclic) bond motifs is 3. The smallest absolute Gasteiger partial charge is 0.264 e. The van der Waals surface area contributed by atoms with E-state index in [1.165, 1.54) is 9.44 Å². The standard InChI is InChI=1S/C14H15N3O2S2/c18-11-8(4-2-6-15-11)17-13(19)10-7-3-1-5-9(7)21-12(10)16-14(17)20/h8H,1-6H2,(H,15,18)(H,16,20). The first-order chi connectivity index (χ1) is 10.2. The number of thiophene rings is 1. The van der Waals surface area contributed by atoms with Crippen LogP contribution in [0, 0.1) is 4.77 Å². The topological polar surface area (TPSA) is 66.9 Å². The molecule has 0 spiro atoms. The van der Waals surface area contributed by atoms with Crippen molar-refractivity contribution in [3.63, 3.8) is 0 Å². The molecule has 7 heteroatoms. The van der Waals surface area contributed by atoms with E-state index in [-0.39, 0.29) is 11.5 Å². The van der Waals surface area contributed by atoms with Gasteiger partial charge in [-0.25, -0.2) is 0 Å². The Morgan fingerprint density at radius 1 is 1.24 bits per heavy atom. The van der Waals surface area contributed by atoms with Crippen LogP contribution in [0.5, 0.6) is 0 Å². The molecule has 2 aromatic heterocycles. The Morgan fingerprint density at radius 2 is 2.10 bits per heavy atom. The minimum absolute atomic E-state index is 0.102. The molecule has 0 saturated carbocycles. The lowest BCUT2D eigenvalue weighted by molar-refractivity contribution is -0.125. The van der Waals surface area contributed by atoms with Gasteiger partial charge in [-0.1, -0.05) is 0 Å². The van der Waals surface area contributed by atoms with Gasteiger partial charge in [0.05, 0.1) is 5.39 Å². The molecule has 1 fully saturated rings.